The predicted molar refractivity (Wildman–Crippen MR) is 101 cm³/mol. The number of carbonyl (C=O) groups excluding carboxylic acids is 1. The molecule has 132 valence electrons. The van der Waals surface area contributed by atoms with E-state index in [1.54, 1.807) is 11.3 Å². The van der Waals surface area contributed by atoms with E-state index in [1.165, 1.54) is 37.9 Å². The normalized spacial score (nSPS) is 21.6. The second kappa shape index (κ2) is 7.67. The molecule has 0 saturated carbocycles. The molecular formula is C20H25N3OS. The Morgan fingerprint density at radius 3 is 2.60 bits per heavy atom. The molecule has 0 spiro atoms. The molecule has 25 heavy (non-hydrogen) atoms. The van der Waals surface area contributed by atoms with Crippen LogP contribution in [0.1, 0.15) is 59.1 Å². The molecule has 3 heterocycles. The maximum absolute atomic E-state index is 12.9. The van der Waals surface area contributed by atoms with Gasteiger partial charge in [-0.1, -0.05) is 18.6 Å². The van der Waals surface area contributed by atoms with Crippen LogP contribution in [0.25, 0.3) is 0 Å². The lowest BCUT2D eigenvalue weighted by Crippen LogP contribution is -2.30. The zero-order chi connectivity index (χ0) is 17.1. The molecule has 2 aliphatic rings. The van der Waals surface area contributed by atoms with E-state index in [4.69, 9.17) is 0 Å². The monoisotopic (exact) mass is 355 g/mol. The van der Waals surface area contributed by atoms with E-state index < -0.39 is 0 Å². The van der Waals surface area contributed by atoms with Crippen LogP contribution in [-0.2, 0) is 6.54 Å². The van der Waals surface area contributed by atoms with Gasteiger partial charge in [-0.25, -0.2) is 4.98 Å². The quantitative estimate of drug-likeness (QED) is 0.828. The number of amides is 1. The SMILES string of the molecule is O=C(c1ccc(CN2CCCCC2)cc1)N1CCC[C@H]1c1nccs1. The van der Waals surface area contributed by atoms with Crippen LogP contribution in [0.3, 0.4) is 0 Å². The highest BCUT2D eigenvalue weighted by molar-refractivity contribution is 7.09. The summed E-state index contributed by atoms with van der Waals surface area (Å²) in [4.78, 5) is 21.9. The molecular weight excluding hydrogens is 330 g/mol. The molecule has 0 aliphatic carbocycles. The minimum Gasteiger partial charge on any atom is -0.329 e. The van der Waals surface area contributed by atoms with Gasteiger partial charge in [-0.2, -0.15) is 0 Å². The van der Waals surface area contributed by atoms with Gasteiger partial charge in [-0.3, -0.25) is 9.69 Å². The number of aromatic nitrogens is 1. The predicted octanol–water partition coefficient (Wildman–Crippen LogP) is 4.11. The Bertz CT molecular complexity index is 692. The van der Waals surface area contributed by atoms with Crippen molar-refractivity contribution in [1.82, 2.24) is 14.8 Å². The Hall–Kier alpha value is -1.72. The molecule has 5 heteroatoms. The molecule has 1 aromatic heterocycles. The molecule has 0 N–H and O–H groups in total. The Balaban J connectivity index is 1.43. The number of rotatable bonds is 4. The molecule has 1 aromatic carbocycles. The summed E-state index contributed by atoms with van der Waals surface area (Å²) in [7, 11) is 0. The third kappa shape index (κ3) is 3.77. The highest BCUT2D eigenvalue weighted by Gasteiger charge is 2.32. The van der Waals surface area contributed by atoms with Crippen molar-refractivity contribution >= 4 is 17.2 Å². The van der Waals surface area contributed by atoms with Gasteiger partial charge in [0, 0.05) is 30.2 Å². The first-order valence-electron chi connectivity index (χ1n) is 9.33. The molecule has 2 aromatic rings. The van der Waals surface area contributed by atoms with Gasteiger partial charge in [0.1, 0.15) is 5.01 Å². The average Bonchev–Trinajstić information content (AvgIpc) is 3.34. The van der Waals surface area contributed by atoms with E-state index in [9.17, 15) is 4.79 Å². The lowest BCUT2D eigenvalue weighted by molar-refractivity contribution is 0.0735. The second-order valence-electron chi connectivity index (χ2n) is 7.06. The number of piperidine rings is 1. The summed E-state index contributed by atoms with van der Waals surface area (Å²) in [5, 5.41) is 3.05. The van der Waals surface area contributed by atoms with Gasteiger partial charge in [0.2, 0.25) is 0 Å². The minimum absolute atomic E-state index is 0.141. The lowest BCUT2D eigenvalue weighted by atomic mass is 10.1. The van der Waals surface area contributed by atoms with Crippen LogP contribution in [0.4, 0.5) is 0 Å². The number of thiazole rings is 1. The highest BCUT2D eigenvalue weighted by Crippen LogP contribution is 2.34. The zero-order valence-corrected chi connectivity index (χ0v) is 15.4. The van der Waals surface area contributed by atoms with Gasteiger partial charge in [-0.05, 0) is 56.5 Å². The van der Waals surface area contributed by atoms with Crippen LogP contribution in [0.2, 0.25) is 0 Å². The number of benzene rings is 1. The first kappa shape index (κ1) is 16.7. The summed E-state index contributed by atoms with van der Waals surface area (Å²) in [5.41, 5.74) is 2.10. The minimum atomic E-state index is 0.141. The zero-order valence-electron chi connectivity index (χ0n) is 14.6. The van der Waals surface area contributed by atoms with Crippen LogP contribution in [0.15, 0.2) is 35.8 Å². The van der Waals surface area contributed by atoms with E-state index in [2.05, 4.69) is 22.0 Å². The van der Waals surface area contributed by atoms with Gasteiger partial charge in [-0.15, -0.1) is 11.3 Å². The molecule has 2 fully saturated rings. The first-order valence-corrected chi connectivity index (χ1v) is 10.2. The third-order valence-electron chi connectivity index (χ3n) is 5.31. The molecule has 2 saturated heterocycles. The summed E-state index contributed by atoms with van der Waals surface area (Å²) in [6.45, 7) is 4.23. The van der Waals surface area contributed by atoms with Crippen molar-refractivity contribution in [2.75, 3.05) is 19.6 Å². The molecule has 2 aliphatic heterocycles. The van der Waals surface area contributed by atoms with Crippen molar-refractivity contribution in [3.8, 4) is 0 Å². The summed E-state index contributed by atoms with van der Waals surface area (Å²) in [6.07, 6.45) is 7.89. The number of carbonyl (C=O) groups is 1. The van der Waals surface area contributed by atoms with E-state index >= 15 is 0 Å². The Kier molecular flexibility index (Phi) is 5.13. The fourth-order valence-corrected chi connectivity index (χ4v) is 4.74. The molecule has 0 radical (unpaired) electrons. The lowest BCUT2D eigenvalue weighted by Gasteiger charge is -2.26. The number of hydrogen-bond acceptors (Lipinski definition) is 4. The largest absolute Gasteiger partial charge is 0.329 e. The van der Waals surface area contributed by atoms with Gasteiger partial charge >= 0.3 is 0 Å². The number of hydrogen-bond donors (Lipinski definition) is 0. The van der Waals surface area contributed by atoms with Crippen molar-refractivity contribution in [2.45, 2.75) is 44.7 Å². The summed E-state index contributed by atoms with van der Waals surface area (Å²) in [6, 6.07) is 8.39. The summed E-state index contributed by atoms with van der Waals surface area (Å²) in [5.74, 6) is 0.141. The fraction of sp³-hybridized carbons (Fsp3) is 0.500. The molecule has 1 atom stereocenters. The van der Waals surface area contributed by atoms with Crippen molar-refractivity contribution in [3.05, 3.63) is 52.0 Å². The molecule has 4 nitrogen and oxygen atoms in total. The fourth-order valence-electron chi connectivity index (χ4n) is 3.96. The van der Waals surface area contributed by atoms with Crippen LogP contribution in [0, 0.1) is 0 Å². The van der Waals surface area contributed by atoms with Crippen LogP contribution >= 0.6 is 11.3 Å². The molecule has 1 amide bonds. The van der Waals surface area contributed by atoms with Crippen molar-refractivity contribution in [1.29, 1.82) is 0 Å². The maximum Gasteiger partial charge on any atom is 0.254 e. The van der Waals surface area contributed by atoms with Crippen molar-refractivity contribution < 1.29 is 4.79 Å². The van der Waals surface area contributed by atoms with E-state index in [1.807, 2.05) is 28.6 Å². The molecule has 0 unspecified atom stereocenters. The van der Waals surface area contributed by atoms with Gasteiger partial charge in [0.25, 0.3) is 5.91 Å². The van der Waals surface area contributed by atoms with Crippen LogP contribution in [0.5, 0.6) is 0 Å². The van der Waals surface area contributed by atoms with Crippen molar-refractivity contribution in [3.63, 3.8) is 0 Å². The molecule has 4 rings (SSSR count). The van der Waals surface area contributed by atoms with Gasteiger partial charge < -0.3 is 4.90 Å². The smallest absolute Gasteiger partial charge is 0.254 e. The number of likely N-dealkylation sites (tertiary alicyclic amines) is 2. The Morgan fingerprint density at radius 1 is 1.08 bits per heavy atom. The molecule has 0 bridgehead atoms. The topological polar surface area (TPSA) is 36.4 Å². The van der Waals surface area contributed by atoms with E-state index in [0.29, 0.717) is 0 Å². The first-order chi connectivity index (χ1) is 12.3. The Morgan fingerprint density at radius 2 is 1.88 bits per heavy atom. The number of nitrogens with zero attached hydrogens (tertiary/aromatic N) is 3. The average molecular weight is 356 g/mol. The summed E-state index contributed by atoms with van der Waals surface area (Å²) >= 11 is 1.65. The van der Waals surface area contributed by atoms with Gasteiger partial charge in [0.05, 0.1) is 6.04 Å². The van der Waals surface area contributed by atoms with Crippen molar-refractivity contribution in [2.24, 2.45) is 0 Å². The van der Waals surface area contributed by atoms with E-state index in [0.717, 1.165) is 36.5 Å². The summed E-state index contributed by atoms with van der Waals surface area (Å²) < 4.78 is 0. The maximum atomic E-state index is 12.9. The standard InChI is InChI=1S/C20H25N3OS/c24-20(23-13-4-5-18(23)19-21-10-14-25-19)17-8-6-16(7-9-17)15-22-11-2-1-3-12-22/h6-10,14,18H,1-5,11-13,15H2/t18-/m0/s1. The van der Waals surface area contributed by atoms with Crippen LogP contribution in [-0.4, -0.2) is 40.3 Å². The van der Waals surface area contributed by atoms with E-state index in [-0.39, 0.29) is 11.9 Å². The highest BCUT2D eigenvalue weighted by atomic mass is 32.1. The van der Waals surface area contributed by atoms with Crippen LogP contribution < -0.4 is 0 Å². The Labute approximate surface area is 153 Å². The third-order valence-corrected chi connectivity index (χ3v) is 6.18. The van der Waals surface area contributed by atoms with Gasteiger partial charge in [0.15, 0.2) is 0 Å². The second-order valence-corrected chi connectivity index (χ2v) is 7.99.